The summed E-state index contributed by atoms with van der Waals surface area (Å²) in [5.74, 6) is 1.68. The summed E-state index contributed by atoms with van der Waals surface area (Å²) in [7, 11) is 8.37. The van der Waals surface area contributed by atoms with Crippen molar-refractivity contribution in [3.63, 3.8) is 0 Å². The molecule has 3 nitrogen and oxygen atoms in total. The summed E-state index contributed by atoms with van der Waals surface area (Å²) >= 11 is 0. The summed E-state index contributed by atoms with van der Waals surface area (Å²) in [5, 5.41) is 3.54. The zero-order valence-corrected chi connectivity index (χ0v) is 12.8. The second-order valence-electron chi connectivity index (χ2n) is 6.27. The van der Waals surface area contributed by atoms with Crippen LogP contribution in [0.1, 0.15) is 19.4 Å². The summed E-state index contributed by atoms with van der Waals surface area (Å²) in [6, 6.07) is 6.65. The molecule has 1 atom stereocenters. The summed E-state index contributed by atoms with van der Waals surface area (Å²) in [6.07, 6.45) is 0. The van der Waals surface area contributed by atoms with Gasteiger partial charge in [0.15, 0.2) is 32.8 Å². The minimum absolute atomic E-state index is 0.0428. The number of rotatable bonds is 4. The standard InChI is InChI=1S/C12H21B4NO2/c1-3-17-7(2)11(13,14)8-4-5-9-10(6-8)19-12(15,16)18-9/h4-7,17H,3,13-16H2,1-2H3/t7-/m0/s1. The van der Waals surface area contributed by atoms with E-state index in [1.165, 1.54) is 5.56 Å². The van der Waals surface area contributed by atoms with E-state index in [1.54, 1.807) is 0 Å². The van der Waals surface area contributed by atoms with Gasteiger partial charge in [-0.15, -0.1) is 0 Å². The fraction of sp³-hybridized carbons (Fsp3) is 0.500. The fourth-order valence-corrected chi connectivity index (χ4v) is 2.43. The maximum Gasteiger partial charge on any atom is 0.197 e. The lowest BCUT2D eigenvalue weighted by molar-refractivity contribution is 0.0833. The first-order chi connectivity index (χ1) is 8.76. The molecule has 1 heterocycles. The molecule has 1 aromatic rings. The molecule has 1 aliphatic heterocycles. The third-order valence-corrected chi connectivity index (χ3v) is 3.99. The van der Waals surface area contributed by atoms with E-state index in [9.17, 15) is 0 Å². The Kier molecular flexibility index (Phi) is 3.69. The van der Waals surface area contributed by atoms with Crippen molar-refractivity contribution in [1.82, 2.24) is 5.32 Å². The molecule has 0 spiro atoms. The van der Waals surface area contributed by atoms with E-state index in [-0.39, 0.29) is 5.21 Å². The molecule has 98 valence electrons. The van der Waals surface area contributed by atoms with Crippen LogP contribution in [0.4, 0.5) is 0 Å². The average molecular weight is 255 g/mol. The molecule has 0 aliphatic carbocycles. The van der Waals surface area contributed by atoms with Gasteiger partial charge in [0, 0.05) is 0 Å². The van der Waals surface area contributed by atoms with Gasteiger partial charge < -0.3 is 14.8 Å². The molecular formula is C12H21B4NO2. The molecule has 0 bridgehead atoms. The highest BCUT2D eigenvalue weighted by Gasteiger charge is 2.34. The van der Waals surface area contributed by atoms with Crippen LogP contribution in [0.5, 0.6) is 11.5 Å². The predicted molar refractivity (Wildman–Crippen MR) is 89.4 cm³/mol. The van der Waals surface area contributed by atoms with Crippen LogP contribution in [-0.4, -0.2) is 49.6 Å². The van der Waals surface area contributed by atoms with Crippen molar-refractivity contribution in [3.8, 4) is 11.5 Å². The molecule has 0 aromatic heterocycles. The first-order valence-electron chi connectivity index (χ1n) is 7.02. The van der Waals surface area contributed by atoms with Gasteiger partial charge in [-0.3, -0.25) is 0 Å². The normalized spacial score (nSPS) is 18.2. The van der Waals surface area contributed by atoms with Gasteiger partial charge >= 0.3 is 0 Å². The van der Waals surface area contributed by atoms with Gasteiger partial charge in [-0.25, -0.2) is 0 Å². The fourth-order valence-electron chi connectivity index (χ4n) is 2.43. The molecule has 1 aliphatic rings. The monoisotopic (exact) mass is 255 g/mol. The van der Waals surface area contributed by atoms with Crippen molar-refractivity contribution in [2.75, 3.05) is 6.54 Å². The largest absolute Gasteiger partial charge is 0.467 e. The highest BCUT2D eigenvalue weighted by Crippen LogP contribution is 2.39. The topological polar surface area (TPSA) is 30.5 Å². The zero-order chi connectivity index (χ0) is 14.3. The van der Waals surface area contributed by atoms with E-state index in [0.717, 1.165) is 18.0 Å². The number of hydrogen-bond donors (Lipinski definition) is 1. The molecule has 0 saturated carbocycles. The van der Waals surface area contributed by atoms with E-state index in [4.69, 9.17) is 9.47 Å². The molecule has 0 saturated heterocycles. The van der Waals surface area contributed by atoms with Gasteiger partial charge in [0.1, 0.15) is 15.7 Å². The molecule has 0 unspecified atom stereocenters. The Labute approximate surface area is 119 Å². The SMILES string of the molecule is BC1(B)Oc2ccc(C(B)(B)[C@H](C)NCC)cc2O1. The van der Waals surface area contributed by atoms with E-state index in [0.29, 0.717) is 6.04 Å². The summed E-state index contributed by atoms with van der Waals surface area (Å²) in [4.78, 5) is 0. The highest BCUT2D eigenvalue weighted by atomic mass is 16.7. The van der Waals surface area contributed by atoms with Gasteiger partial charge in [-0.2, -0.15) is 0 Å². The van der Waals surface area contributed by atoms with E-state index >= 15 is 0 Å². The van der Waals surface area contributed by atoms with Gasteiger partial charge in [0.25, 0.3) is 0 Å². The first-order valence-corrected chi connectivity index (χ1v) is 7.02. The van der Waals surface area contributed by atoms with Crippen LogP contribution in [-0.2, 0) is 5.21 Å². The maximum atomic E-state index is 5.83. The lowest BCUT2D eigenvalue weighted by Gasteiger charge is -2.33. The van der Waals surface area contributed by atoms with Crippen LogP contribution in [0.2, 0.25) is 0 Å². The Bertz CT molecular complexity index is 479. The van der Waals surface area contributed by atoms with Crippen molar-refractivity contribution in [2.45, 2.75) is 30.7 Å². The molecule has 7 heteroatoms. The number of benzene rings is 1. The molecule has 1 aromatic carbocycles. The van der Waals surface area contributed by atoms with Gasteiger partial charge in [-0.05, 0) is 29.9 Å². The lowest BCUT2D eigenvalue weighted by atomic mass is 9.47. The number of hydrogen-bond acceptors (Lipinski definition) is 3. The number of nitrogens with one attached hydrogen (secondary N) is 1. The Balaban J connectivity index is 2.29. The molecular weight excluding hydrogens is 233 g/mol. The van der Waals surface area contributed by atoms with Crippen molar-refractivity contribution in [3.05, 3.63) is 23.8 Å². The van der Waals surface area contributed by atoms with Crippen LogP contribution >= 0.6 is 0 Å². The zero-order valence-electron chi connectivity index (χ0n) is 12.8. The second-order valence-corrected chi connectivity index (χ2v) is 6.27. The van der Waals surface area contributed by atoms with Gasteiger partial charge in [0.05, 0.1) is 0 Å². The number of likely N-dealkylation sites (N-methyl/N-ethyl adjacent to an activating group) is 1. The minimum Gasteiger partial charge on any atom is -0.467 e. The molecule has 2 rings (SSSR count). The Morgan fingerprint density at radius 1 is 1.26 bits per heavy atom. The van der Waals surface area contributed by atoms with Crippen molar-refractivity contribution in [1.29, 1.82) is 0 Å². The van der Waals surface area contributed by atoms with Crippen LogP contribution < -0.4 is 14.8 Å². The summed E-state index contributed by atoms with van der Waals surface area (Å²) in [6.45, 7) is 5.33. The predicted octanol–water partition coefficient (Wildman–Crippen LogP) is -2.25. The lowest BCUT2D eigenvalue weighted by Crippen LogP contribution is -2.47. The molecule has 0 amide bonds. The van der Waals surface area contributed by atoms with Gasteiger partial charge in [-0.1, -0.05) is 25.5 Å². The summed E-state index contributed by atoms with van der Waals surface area (Å²) in [5.41, 5.74) is 0.708. The third kappa shape index (κ3) is 2.81. The maximum absolute atomic E-state index is 5.83. The number of fused-ring (bicyclic) bond motifs is 1. The molecule has 0 radical (unpaired) electrons. The van der Waals surface area contributed by atoms with Crippen LogP contribution in [0.15, 0.2) is 18.2 Å². The Hall–Kier alpha value is -0.960. The van der Waals surface area contributed by atoms with Crippen LogP contribution in [0.3, 0.4) is 0 Å². The van der Waals surface area contributed by atoms with E-state index < -0.39 is 5.59 Å². The average Bonchev–Trinajstić information content (AvgIpc) is 2.61. The second kappa shape index (κ2) is 4.86. The van der Waals surface area contributed by atoms with Crippen LogP contribution in [0.25, 0.3) is 0 Å². The Morgan fingerprint density at radius 2 is 1.89 bits per heavy atom. The van der Waals surface area contributed by atoms with Crippen LogP contribution in [0, 0.1) is 0 Å². The van der Waals surface area contributed by atoms with E-state index in [2.05, 4.69) is 47.0 Å². The highest BCUT2D eigenvalue weighted by molar-refractivity contribution is 6.41. The molecule has 0 fully saturated rings. The van der Waals surface area contributed by atoms with Crippen molar-refractivity contribution >= 4 is 31.4 Å². The van der Waals surface area contributed by atoms with Crippen molar-refractivity contribution in [2.24, 2.45) is 0 Å². The molecule has 19 heavy (non-hydrogen) atoms. The van der Waals surface area contributed by atoms with Crippen molar-refractivity contribution < 1.29 is 9.47 Å². The third-order valence-electron chi connectivity index (χ3n) is 3.99. The smallest absolute Gasteiger partial charge is 0.197 e. The van der Waals surface area contributed by atoms with E-state index in [1.807, 2.05) is 21.8 Å². The summed E-state index contributed by atoms with van der Waals surface area (Å²) < 4.78 is 11.6. The first kappa shape index (κ1) is 14.4. The quantitative estimate of drug-likeness (QED) is 0.616. The number of ether oxygens (including phenoxy) is 2. The Morgan fingerprint density at radius 3 is 2.53 bits per heavy atom. The molecule has 1 N–H and O–H groups in total. The van der Waals surface area contributed by atoms with Gasteiger partial charge in [0.2, 0.25) is 0 Å². The minimum atomic E-state index is -0.557.